The molecule has 1 aromatic heterocycles. The maximum absolute atomic E-state index is 13.6. The summed E-state index contributed by atoms with van der Waals surface area (Å²) in [4.78, 5) is 4.19. The van der Waals surface area contributed by atoms with Crippen molar-refractivity contribution in [1.29, 1.82) is 0 Å². The van der Waals surface area contributed by atoms with Gasteiger partial charge in [0.15, 0.2) is 0 Å². The second-order valence-electron chi connectivity index (χ2n) is 3.52. The quantitative estimate of drug-likeness (QED) is 0.910. The highest BCUT2D eigenvalue weighted by Crippen LogP contribution is 2.29. The molecule has 1 aromatic carbocycles. The van der Waals surface area contributed by atoms with Crippen LogP contribution in [-0.2, 0) is 6.54 Å². The number of oxazole rings is 1. The molecule has 0 amide bonds. The summed E-state index contributed by atoms with van der Waals surface area (Å²) in [6.07, 6.45) is 1.50. The van der Waals surface area contributed by atoms with Gasteiger partial charge in [-0.25, -0.2) is 9.37 Å². The number of benzene rings is 1. The summed E-state index contributed by atoms with van der Waals surface area (Å²) in [5, 5.41) is 3.40. The Morgan fingerprint density at radius 3 is 3.00 bits per heavy atom. The SMILES string of the molecule is CCNCc1coc(-c2c(F)cccc2Cl)n1. The molecule has 5 heteroatoms. The predicted molar refractivity (Wildman–Crippen MR) is 64.3 cm³/mol. The van der Waals surface area contributed by atoms with E-state index in [1.54, 1.807) is 12.1 Å². The average Bonchev–Trinajstić information content (AvgIpc) is 2.75. The van der Waals surface area contributed by atoms with E-state index in [4.69, 9.17) is 16.0 Å². The van der Waals surface area contributed by atoms with Crippen molar-refractivity contribution in [1.82, 2.24) is 10.3 Å². The molecule has 1 N–H and O–H groups in total. The second kappa shape index (κ2) is 5.29. The zero-order valence-corrected chi connectivity index (χ0v) is 10.1. The van der Waals surface area contributed by atoms with E-state index in [1.165, 1.54) is 12.3 Å². The number of hydrogen-bond acceptors (Lipinski definition) is 3. The smallest absolute Gasteiger partial charge is 0.230 e. The number of nitrogens with zero attached hydrogens (tertiary/aromatic N) is 1. The fraction of sp³-hybridized carbons (Fsp3) is 0.250. The largest absolute Gasteiger partial charge is 0.444 e. The Morgan fingerprint density at radius 2 is 2.29 bits per heavy atom. The summed E-state index contributed by atoms with van der Waals surface area (Å²) in [6.45, 7) is 3.42. The maximum atomic E-state index is 13.6. The van der Waals surface area contributed by atoms with Crippen molar-refractivity contribution < 1.29 is 8.81 Å². The first kappa shape index (κ1) is 12.1. The lowest BCUT2D eigenvalue weighted by atomic mass is 10.2. The fourth-order valence-corrected chi connectivity index (χ4v) is 1.70. The lowest BCUT2D eigenvalue weighted by molar-refractivity contribution is 0.559. The van der Waals surface area contributed by atoms with Crippen LogP contribution in [0.15, 0.2) is 28.9 Å². The van der Waals surface area contributed by atoms with E-state index in [1.807, 2.05) is 6.92 Å². The third-order valence-corrected chi connectivity index (χ3v) is 2.60. The predicted octanol–water partition coefficient (Wildman–Crippen LogP) is 3.24. The van der Waals surface area contributed by atoms with Crippen LogP contribution in [0, 0.1) is 5.82 Å². The Kier molecular flexibility index (Phi) is 3.76. The second-order valence-corrected chi connectivity index (χ2v) is 3.93. The third-order valence-electron chi connectivity index (χ3n) is 2.28. The van der Waals surface area contributed by atoms with E-state index in [0.29, 0.717) is 11.6 Å². The average molecular weight is 255 g/mol. The molecule has 0 atom stereocenters. The van der Waals surface area contributed by atoms with Crippen molar-refractivity contribution in [2.45, 2.75) is 13.5 Å². The minimum absolute atomic E-state index is 0.205. The maximum Gasteiger partial charge on any atom is 0.230 e. The first-order valence-corrected chi connectivity index (χ1v) is 5.69. The molecule has 0 aliphatic carbocycles. The third kappa shape index (κ3) is 2.65. The first-order valence-electron chi connectivity index (χ1n) is 5.32. The minimum Gasteiger partial charge on any atom is -0.444 e. The molecule has 3 nitrogen and oxygen atoms in total. The van der Waals surface area contributed by atoms with E-state index < -0.39 is 5.82 Å². The van der Waals surface area contributed by atoms with Crippen molar-refractivity contribution in [2.24, 2.45) is 0 Å². The van der Waals surface area contributed by atoms with E-state index in [-0.39, 0.29) is 11.5 Å². The summed E-state index contributed by atoms with van der Waals surface area (Å²) >= 11 is 5.92. The fourth-order valence-electron chi connectivity index (χ4n) is 1.46. The molecule has 17 heavy (non-hydrogen) atoms. The monoisotopic (exact) mass is 254 g/mol. The van der Waals surface area contributed by atoms with Crippen LogP contribution >= 0.6 is 11.6 Å². The summed E-state index contributed by atoms with van der Waals surface area (Å²) in [6, 6.07) is 4.48. The normalized spacial score (nSPS) is 10.8. The zero-order valence-electron chi connectivity index (χ0n) is 9.34. The molecule has 0 fully saturated rings. The van der Waals surface area contributed by atoms with Gasteiger partial charge in [0, 0.05) is 6.54 Å². The molecule has 0 saturated heterocycles. The molecule has 1 heterocycles. The van der Waals surface area contributed by atoms with Crippen LogP contribution in [0.25, 0.3) is 11.5 Å². The minimum atomic E-state index is -0.436. The van der Waals surface area contributed by atoms with Gasteiger partial charge in [0.2, 0.25) is 5.89 Å². The van der Waals surface area contributed by atoms with Crippen molar-refractivity contribution in [3.8, 4) is 11.5 Å². The molecule has 0 bridgehead atoms. The van der Waals surface area contributed by atoms with Gasteiger partial charge in [-0.3, -0.25) is 0 Å². The Bertz CT molecular complexity index is 493. The highest BCUT2D eigenvalue weighted by atomic mass is 35.5. The van der Waals surface area contributed by atoms with Gasteiger partial charge in [-0.1, -0.05) is 24.6 Å². The van der Waals surface area contributed by atoms with Crippen LogP contribution in [0.4, 0.5) is 4.39 Å². The highest BCUT2D eigenvalue weighted by Gasteiger charge is 2.14. The van der Waals surface area contributed by atoms with E-state index >= 15 is 0 Å². The number of rotatable bonds is 4. The Balaban J connectivity index is 2.30. The lowest BCUT2D eigenvalue weighted by Gasteiger charge is -2.00. The highest BCUT2D eigenvalue weighted by molar-refractivity contribution is 6.33. The van der Waals surface area contributed by atoms with Crippen LogP contribution < -0.4 is 5.32 Å². The number of nitrogens with one attached hydrogen (secondary N) is 1. The molecule has 2 aromatic rings. The van der Waals surface area contributed by atoms with E-state index in [9.17, 15) is 4.39 Å². The molecular formula is C12H12ClFN2O. The molecule has 0 aliphatic rings. The molecule has 0 radical (unpaired) electrons. The Hall–Kier alpha value is -1.39. The van der Waals surface area contributed by atoms with Gasteiger partial charge in [-0.2, -0.15) is 0 Å². The van der Waals surface area contributed by atoms with Crippen LogP contribution in [0.1, 0.15) is 12.6 Å². The summed E-state index contributed by atoms with van der Waals surface area (Å²) in [5.41, 5.74) is 0.929. The first-order chi connectivity index (χ1) is 8.22. The van der Waals surface area contributed by atoms with Crippen molar-refractivity contribution in [3.05, 3.63) is 41.0 Å². The van der Waals surface area contributed by atoms with Gasteiger partial charge >= 0.3 is 0 Å². The van der Waals surface area contributed by atoms with Gasteiger partial charge in [-0.15, -0.1) is 0 Å². The molecule has 0 aliphatic heterocycles. The Labute approximate surface area is 104 Å². The molecule has 0 unspecified atom stereocenters. The van der Waals surface area contributed by atoms with Gasteiger partial charge < -0.3 is 9.73 Å². The van der Waals surface area contributed by atoms with Crippen molar-refractivity contribution >= 4 is 11.6 Å². The van der Waals surface area contributed by atoms with E-state index in [2.05, 4.69) is 10.3 Å². The summed E-state index contributed by atoms with van der Waals surface area (Å²) < 4.78 is 18.8. The number of hydrogen-bond donors (Lipinski definition) is 1. The lowest BCUT2D eigenvalue weighted by Crippen LogP contribution is -2.11. The van der Waals surface area contributed by atoms with Crippen LogP contribution in [0.2, 0.25) is 5.02 Å². The van der Waals surface area contributed by atoms with Crippen LogP contribution in [0.5, 0.6) is 0 Å². The van der Waals surface area contributed by atoms with Crippen molar-refractivity contribution in [3.63, 3.8) is 0 Å². The summed E-state index contributed by atoms with van der Waals surface area (Å²) in [5.74, 6) is -0.227. The topological polar surface area (TPSA) is 38.1 Å². The standard InChI is InChI=1S/C12H12ClFN2O/c1-2-15-6-8-7-17-12(16-8)11-9(13)4-3-5-10(11)14/h3-5,7,15H,2,6H2,1H3. The van der Waals surface area contributed by atoms with Crippen LogP contribution in [-0.4, -0.2) is 11.5 Å². The van der Waals surface area contributed by atoms with Gasteiger partial charge in [-0.05, 0) is 18.7 Å². The van der Waals surface area contributed by atoms with E-state index in [0.717, 1.165) is 12.2 Å². The summed E-state index contributed by atoms with van der Waals surface area (Å²) in [7, 11) is 0. The van der Waals surface area contributed by atoms with Gasteiger partial charge in [0.25, 0.3) is 0 Å². The molecule has 2 rings (SSSR count). The molecule has 90 valence electrons. The number of aromatic nitrogens is 1. The molecular weight excluding hydrogens is 243 g/mol. The molecule has 0 spiro atoms. The van der Waals surface area contributed by atoms with Crippen LogP contribution in [0.3, 0.4) is 0 Å². The van der Waals surface area contributed by atoms with Gasteiger partial charge in [0.1, 0.15) is 12.1 Å². The zero-order chi connectivity index (χ0) is 12.3. The molecule has 0 saturated carbocycles. The Morgan fingerprint density at radius 1 is 1.47 bits per heavy atom. The van der Waals surface area contributed by atoms with Gasteiger partial charge in [0.05, 0.1) is 16.3 Å². The van der Waals surface area contributed by atoms with Crippen molar-refractivity contribution in [2.75, 3.05) is 6.54 Å². The number of halogens is 2.